The Morgan fingerprint density at radius 2 is 2.10 bits per heavy atom. The molecule has 4 heteroatoms. The molecule has 21 heavy (non-hydrogen) atoms. The molecule has 0 atom stereocenters. The number of para-hydroxylation sites is 1. The molecule has 0 fully saturated rings. The molecule has 0 aliphatic rings. The third-order valence-electron chi connectivity index (χ3n) is 3.34. The van der Waals surface area contributed by atoms with Crippen LogP contribution in [0.5, 0.6) is 0 Å². The summed E-state index contributed by atoms with van der Waals surface area (Å²) in [5.74, 6) is 0.398. The number of pyridine rings is 1. The van der Waals surface area contributed by atoms with E-state index in [-0.39, 0.29) is 5.82 Å². The lowest BCUT2D eigenvalue weighted by Gasteiger charge is -2.10. The van der Waals surface area contributed by atoms with Crippen molar-refractivity contribution in [2.75, 3.05) is 25.1 Å². The van der Waals surface area contributed by atoms with Crippen LogP contribution in [-0.2, 0) is 4.74 Å². The maximum atomic E-state index is 13.6. The van der Waals surface area contributed by atoms with Crippen LogP contribution in [0.2, 0.25) is 0 Å². The Kier molecular flexibility index (Phi) is 5.93. The van der Waals surface area contributed by atoms with Gasteiger partial charge in [0.25, 0.3) is 0 Å². The Hall–Kier alpha value is -1.68. The molecule has 1 aromatic carbocycles. The van der Waals surface area contributed by atoms with Crippen LogP contribution in [0.3, 0.4) is 0 Å². The monoisotopic (exact) mass is 290 g/mol. The van der Waals surface area contributed by atoms with Gasteiger partial charge in [0.1, 0.15) is 11.3 Å². The minimum absolute atomic E-state index is 0.284. The van der Waals surface area contributed by atoms with Crippen LogP contribution in [0, 0.1) is 11.7 Å². The van der Waals surface area contributed by atoms with Gasteiger partial charge in [0, 0.05) is 37.0 Å². The Morgan fingerprint density at radius 1 is 1.24 bits per heavy atom. The number of aromatic nitrogens is 1. The van der Waals surface area contributed by atoms with Crippen LogP contribution < -0.4 is 5.32 Å². The first kappa shape index (κ1) is 15.7. The standard InChI is InChI=1S/C17H23FN2O/c1-13(2)8-12-21-11-4-9-19-16-7-10-20-17-14(16)5-3-6-15(17)18/h3,5-7,10,13H,4,8-9,11-12H2,1-2H3,(H,19,20). The van der Waals surface area contributed by atoms with Gasteiger partial charge in [-0.1, -0.05) is 26.0 Å². The van der Waals surface area contributed by atoms with E-state index in [0.29, 0.717) is 11.4 Å². The number of hydrogen-bond donors (Lipinski definition) is 1. The number of benzene rings is 1. The van der Waals surface area contributed by atoms with E-state index in [1.165, 1.54) is 6.07 Å². The molecule has 1 N–H and O–H groups in total. The highest BCUT2D eigenvalue weighted by Crippen LogP contribution is 2.23. The van der Waals surface area contributed by atoms with E-state index in [0.717, 1.165) is 43.7 Å². The second-order valence-corrected chi connectivity index (χ2v) is 5.57. The van der Waals surface area contributed by atoms with Gasteiger partial charge >= 0.3 is 0 Å². The van der Waals surface area contributed by atoms with Crippen molar-refractivity contribution in [3.63, 3.8) is 0 Å². The predicted molar refractivity (Wildman–Crippen MR) is 85.1 cm³/mol. The van der Waals surface area contributed by atoms with E-state index < -0.39 is 0 Å². The number of ether oxygens (including phenoxy) is 1. The summed E-state index contributed by atoms with van der Waals surface area (Å²) in [6.45, 7) is 6.76. The average Bonchev–Trinajstić information content (AvgIpc) is 2.47. The first-order valence-electron chi connectivity index (χ1n) is 7.53. The lowest BCUT2D eigenvalue weighted by molar-refractivity contribution is 0.123. The summed E-state index contributed by atoms with van der Waals surface area (Å²) in [5, 5.41) is 4.15. The van der Waals surface area contributed by atoms with E-state index >= 15 is 0 Å². The smallest absolute Gasteiger partial charge is 0.149 e. The first-order chi connectivity index (χ1) is 10.2. The molecule has 0 saturated heterocycles. The Balaban J connectivity index is 1.80. The maximum absolute atomic E-state index is 13.6. The molecular weight excluding hydrogens is 267 g/mol. The maximum Gasteiger partial charge on any atom is 0.149 e. The van der Waals surface area contributed by atoms with Gasteiger partial charge < -0.3 is 10.1 Å². The lowest BCUT2D eigenvalue weighted by Crippen LogP contribution is -2.07. The van der Waals surface area contributed by atoms with Crippen molar-refractivity contribution < 1.29 is 9.13 Å². The van der Waals surface area contributed by atoms with E-state index in [1.54, 1.807) is 12.3 Å². The normalized spacial score (nSPS) is 11.2. The van der Waals surface area contributed by atoms with E-state index in [4.69, 9.17) is 4.74 Å². The number of nitrogens with zero attached hydrogens (tertiary/aromatic N) is 1. The molecule has 1 heterocycles. The fraction of sp³-hybridized carbons (Fsp3) is 0.471. The molecule has 2 rings (SSSR count). The van der Waals surface area contributed by atoms with Crippen LogP contribution in [0.4, 0.5) is 10.1 Å². The summed E-state index contributed by atoms with van der Waals surface area (Å²) in [7, 11) is 0. The number of fused-ring (bicyclic) bond motifs is 1. The van der Waals surface area contributed by atoms with Crippen molar-refractivity contribution in [1.82, 2.24) is 4.98 Å². The van der Waals surface area contributed by atoms with Gasteiger partial charge in [0.15, 0.2) is 0 Å². The number of halogens is 1. The summed E-state index contributed by atoms with van der Waals surface area (Å²) in [6, 6.07) is 6.90. The summed E-state index contributed by atoms with van der Waals surface area (Å²) in [5.41, 5.74) is 1.33. The summed E-state index contributed by atoms with van der Waals surface area (Å²) in [6.07, 6.45) is 3.66. The number of rotatable bonds is 8. The highest BCUT2D eigenvalue weighted by Gasteiger charge is 2.05. The largest absolute Gasteiger partial charge is 0.384 e. The van der Waals surface area contributed by atoms with E-state index in [9.17, 15) is 4.39 Å². The van der Waals surface area contributed by atoms with Crippen molar-refractivity contribution in [2.24, 2.45) is 5.92 Å². The fourth-order valence-corrected chi connectivity index (χ4v) is 2.11. The molecule has 0 unspecified atom stereocenters. The van der Waals surface area contributed by atoms with Gasteiger partial charge in [-0.2, -0.15) is 0 Å². The third kappa shape index (κ3) is 4.67. The SMILES string of the molecule is CC(C)CCOCCCNc1ccnc2c(F)cccc12. The lowest BCUT2D eigenvalue weighted by atomic mass is 10.1. The molecule has 0 spiro atoms. The van der Waals surface area contributed by atoms with Gasteiger partial charge in [-0.3, -0.25) is 4.98 Å². The van der Waals surface area contributed by atoms with Gasteiger partial charge in [-0.25, -0.2) is 4.39 Å². The molecule has 0 bridgehead atoms. The molecule has 0 aliphatic heterocycles. The van der Waals surface area contributed by atoms with Gasteiger partial charge in [-0.15, -0.1) is 0 Å². The highest BCUT2D eigenvalue weighted by atomic mass is 19.1. The quantitative estimate of drug-likeness (QED) is 0.738. The molecule has 0 radical (unpaired) electrons. The van der Waals surface area contributed by atoms with Crippen molar-refractivity contribution in [3.05, 3.63) is 36.3 Å². The van der Waals surface area contributed by atoms with Crippen molar-refractivity contribution >= 4 is 16.6 Å². The zero-order chi connectivity index (χ0) is 15.1. The molecule has 0 aliphatic carbocycles. The average molecular weight is 290 g/mol. The van der Waals surface area contributed by atoms with Crippen LogP contribution in [0.15, 0.2) is 30.5 Å². The van der Waals surface area contributed by atoms with Crippen LogP contribution >= 0.6 is 0 Å². The molecular formula is C17H23FN2O. The zero-order valence-corrected chi connectivity index (χ0v) is 12.7. The first-order valence-corrected chi connectivity index (χ1v) is 7.53. The van der Waals surface area contributed by atoms with Gasteiger partial charge in [0.2, 0.25) is 0 Å². The van der Waals surface area contributed by atoms with Crippen LogP contribution in [0.25, 0.3) is 10.9 Å². The summed E-state index contributed by atoms with van der Waals surface area (Å²) >= 11 is 0. The Morgan fingerprint density at radius 3 is 2.90 bits per heavy atom. The van der Waals surface area contributed by atoms with Gasteiger partial charge in [-0.05, 0) is 30.9 Å². The minimum Gasteiger partial charge on any atom is -0.384 e. The van der Waals surface area contributed by atoms with Crippen molar-refractivity contribution in [3.8, 4) is 0 Å². The van der Waals surface area contributed by atoms with Crippen LogP contribution in [0.1, 0.15) is 26.7 Å². The van der Waals surface area contributed by atoms with Crippen LogP contribution in [-0.4, -0.2) is 24.7 Å². The predicted octanol–water partition coefficient (Wildman–Crippen LogP) is 4.24. The van der Waals surface area contributed by atoms with Gasteiger partial charge in [0.05, 0.1) is 0 Å². The molecule has 2 aromatic rings. The molecule has 1 aromatic heterocycles. The number of nitrogens with one attached hydrogen (secondary N) is 1. The Bertz CT molecular complexity index is 572. The number of hydrogen-bond acceptors (Lipinski definition) is 3. The third-order valence-corrected chi connectivity index (χ3v) is 3.34. The van der Waals surface area contributed by atoms with Crippen molar-refractivity contribution in [2.45, 2.75) is 26.7 Å². The fourth-order valence-electron chi connectivity index (χ4n) is 2.11. The molecule has 114 valence electrons. The molecule has 0 saturated carbocycles. The zero-order valence-electron chi connectivity index (χ0n) is 12.7. The second-order valence-electron chi connectivity index (χ2n) is 5.57. The summed E-state index contributed by atoms with van der Waals surface area (Å²) < 4.78 is 19.2. The molecule has 3 nitrogen and oxygen atoms in total. The highest BCUT2D eigenvalue weighted by molar-refractivity contribution is 5.91. The topological polar surface area (TPSA) is 34.1 Å². The second kappa shape index (κ2) is 7.93. The van der Waals surface area contributed by atoms with E-state index in [1.807, 2.05) is 12.1 Å². The van der Waals surface area contributed by atoms with E-state index in [2.05, 4.69) is 24.1 Å². The molecule has 0 amide bonds. The summed E-state index contributed by atoms with van der Waals surface area (Å²) in [4.78, 5) is 4.09. The number of anilines is 1. The minimum atomic E-state index is -0.284. The Labute approximate surface area is 125 Å². The van der Waals surface area contributed by atoms with Crippen molar-refractivity contribution in [1.29, 1.82) is 0 Å².